The molecule has 1 amide bonds. The quantitative estimate of drug-likeness (QED) is 0.494. The van der Waals surface area contributed by atoms with E-state index in [2.05, 4.69) is 10.1 Å². The van der Waals surface area contributed by atoms with Crippen molar-refractivity contribution in [3.8, 4) is 0 Å². The molecule has 1 fully saturated rings. The van der Waals surface area contributed by atoms with Crippen LogP contribution in [0.4, 0.5) is 13.2 Å². The highest BCUT2D eigenvalue weighted by atomic mass is 32.2. The zero-order chi connectivity index (χ0) is 24.7. The zero-order valence-corrected chi connectivity index (χ0v) is 18.9. The van der Waals surface area contributed by atoms with Crippen molar-refractivity contribution in [2.45, 2.75) is 24.4 Å². The van der Waals surface area contributed by atoms with E-state index in [1.165, 1.54) is 45.5 Å². The number of sulfonamides is 1. The van der Waals surface area contributed by atoms with Gasteiger partial charge in [-0.15, -0.1) is 0 Å². The number of carbonyl (C=O) groups excluding carboxylic acids is 1. The van der Waals surface area contributed by atoms with Crippen LogP contribution in [0.1, 0.15) is 28.7 Å². The van der Waals surface area contributed by atoms with E-state index in [-0.39, 0.29) is 28.5 Å². The summed E-state index contributed by atoms with van der Waals surface area (Å²) in [5.41, 5.74) is 5.74. The summed E-state index contributed by atoms with van der Waals surface area (Å²) >= 11 is 0. The summed E-state index contributed by atoms with van der Waals surface area (Å²) in [5, 5.41) is 4.20. The molecule has 2 N–H and O–H groups in total. The lowest BCUT2D eigenvalue weighted by Crippen LogP contribution is -2.41. The number of nitrogens with two attached hydrogens (primary N) is 1. The van der Waals surface area contributed by atoms with Crippen LogP contribution >= 0.6 is 0 Å². The molecule has 12 heteroatoms. The Morgan fingerprint density at radius 1 is 1.15 bits per heavy atom. The first kappa shape index (κ1) is 23.8. The van der Waals surface area contributed by atoms with E-state index >= 15 is 0 Å². The average Bonchev–Trinajstić information content (AvgIpc) is 3.18. The second-order valence-corrected chi connectivity index (χ2v) is 9.88. The van der Waals surface area contributed by atoms with Gasteiger partial charge in [-0.3, -0.25) is 4.79 Å². The predicted molar refractivity (Wildman–Crippen MR) is 117 cm³/mol. The number of primary amides is 1. The molecule has 0 aromatic heterocycles. The number of aliphatic imine (C=N–C) groups is 1. The molecule has 2 aliphatic rings. The SMILES string of the molecule is Cc1cc(C2=NC[N+](/C=C(/C(N)=O)c3ccc(S(=O)(=O)N4CCC4)cc3)=N2)cc(C(F)(F)F)c1. The van der Waals surface area contributed by atoms with Crippen molar-refractivity contribution in [1.82, 2.24) is 4.31 Å². The Labute approximate surface area is 194 Å². The standard InChI is InChI=1S/C22H20F3N5O3S/c1-14-9-16(11-17(10-14)22(23,24)25)21-27-13-29(28-21)12-19(20(26)31)15-3-5-18(6-4-15)34(32,33)30-7-2-8-30/h3-6,9-12H,2,7-8,13H2,1H3,(H-,26,31)/p+1/b19-12+. The third-order valence-corrected chi connectivity index (χ3v) is 7.33. The molecule has 8 nitrogen and oxygen atoms in total. The van der Waals surface area contributed by atoms with Crippen LogP contribution in [0.3, 0.4) is 0 Å². The first-order valence-electron chi connectivity index (χ1n) is 10.3. The number of benzene rings is 2. The van der Waals surface area contributed by atoms with Gasteiger partial charge in [0.2, 0.25) is 22.1 Å². The normalized spacial score (nSPS) is 17.2. The van der Waals surface area contributed by atoms with Gasteiger partial charge in [0.15, 0.2) is 0 Å². The van der Waals surface area contributed by atoms with Crippen LogP contribution in [0.2, 0.25) is 0 Å². The number of azo groups is 2. The first-order chi connectivity index (χ1) is 15.9. The van der Waals surface area contributed by atoms with Crippen molar-refractivity contribution in [3.63, 3.8) is 0 Å². The molecular weight excluding hydrogens is 471 g/mol. The van der Waals surface area contributed by atoms with Crippen LogP contribution < -0.4 is 5.73 Å². The number of amidine groups is 1. The van der Waals surface area contributed by atoms with Gasteiger partial charge in [0.05, 0.1) is 10.5 Å². The van der Waals surface area contributed by atoms with Crippen molar-refractivity contribution in [2.24, 2.45) is 15.8 Å². The van der Waals surface area contributed by atoms with E-state index in [1.807, 2.05) is 0 Å². The lowest BCUT2D eigenvalue weighted by Gasteiger charge is -2.29. The summed E-state index contributed by atoms with van der Waals surface area (Å²) in [6, 6.07) is 9.27. The highest BCUT2D eigenvalue weighted by Crippen LogP contribution is 2.31. The lowest BCUT2D eigenvalue weighted by molar-refractivity contribution is -0.512. The fourth-order valence-corrected chi connectivity index (χ4v) is 5.05. The second kappa shape index (κ2) is 8.76. The maximum absolute atomic E-state index is 13.1. The number of amides is 1. The van der Waals surface area contributed by atoms with Gasteiger partial charge in [0, 0.05) is 23.8 Å². The fraction of sp³-hybridized carbons (Fsp3) is 0.273. The topological polar surface area (TPSA) is 108 Å². The van der Waals surface area contributed by atoms with Gasteiger partial charge < -0.3 is 5.73 Å². The van der Waals surface area contributed by atoms with E-state index in [9.17, 15) is 26.4 Å². The van der Waals surface area contributed by atoms with Gasteiger partial charge in [0.25, 0.3) is 12.6 Å². The zero-order valence-electron chi connectivity index (χ0n) is 18.1. The Kier molecular flexibility index (Phi) is 6.13. The highest BCUT2D eigenvalue weighted by Gasteiger charge is 2.32. The van der Waals surface area contributed by atoms with Crippen LogP contribution in [-0.4, -0.2) is 48.9 Å². The first-order valence-corrected chi connectivity index (χ1v) is 11.7. The molecule has 34 heavy (non-hydrogen) atoms. The minimum atomic E-state index is -4.51. The van der Waals surface area contributed by atoms with Crippen molar-refractivity contribution >= 4 is 27.3 Å². The molecule has 0 atom stereocenters. The average molecular weight is 493 g/mol. The second-order valence-electron chi connectivity index (χ2n) is 7.94. The smallest absolute Gasteiger partial charge is 0.365 e. The summed E-state index contributed by atoms with van der Waals surface area (Å²) in [5.74, 6) is -0.692. The Bertz CT molecular complexity index is 1340. The summed E-state index contributed by atoms with van der Waals surface area (Å²) < 4.78 is 67.1. The number of alkyl halides is 3. The van der Waals surface area contributed by atoms with E-state index in [0.29, 0.717) is 24.2 Å². The van der Waals surface area contributed by atoms with E-state index in [0.717, 1.165) is 18.6 Å². The number of carbonyl (C=O) groups is 1. The van der Waals surface area contributed by atoms with Crippen molar-refractivity contribution in [3.05, 3.63) is 70.9 Å². The van der Waals surface area contributed by atoms with Crippen LogP contribution in [-0.2, 0) is 21.0 Å². The number of hydrogen-bond donors (Lipinski definition) is 1. The minimum absolute atomic E-state index is 0.0250. The highest BCUT2D eigenvalue weighted by molar-refractivity contribution is 7.89. The monoisotopic (exact) mass is 492 g/mol. The Balaban J connectivity index is 1.61. The summed E-state index contributed by atoms with van der Waals surface area (Å²) in [4.78, 5) is 16.4. The molecule has 0 spiro atoms. The summed E-state index contributed by atoms with van der Waals surface area (Å²) in [6.45, 7) is 2.47. The van der Waals surface area contributed by atoms with Crippen LogP contribution in [0.5, 0.6) is 0 Å². The molecule has 2 aliphatic heterocycles. The van der Waals surface area contributed by atoms with Gasteiger partial charge in [0.1, 0.15) is 5.57 Å². The maximum Gasteiger partial charge on any atom is 0.416 e. The van der Waals surface area contributed by atoms with Crippen LogP contribution in [0, 0.1) is 6.92 Å². The third-order valence-electron chi connectivity index (χ3n) is 5.41. The number of rotatable bonds is 6. The molecular formula is C22H21F3N5O3S+. The van der Waals surface area contributed by atoms with E-state index < -0.39 is 27.7 Å². The van der Waals surface area contributed by atoms with Crippen LogP contribution in [0.25, 0.3) is 5.57 Å². The Hall–Kier alpha value is -3.38. The van der Waals surface area contributed by atoms with E-state index in [4.69, 9.17) is 5.73 Å². The Morgan fingerprint density at radius 3 is 2.38 bits per heavy atom. The molecule has 2 heterocycles. The number of halogens is 3. The molecule has 4 rings (SSSR count). The van der Waals surface area contributed by atoms with Gasteiger partial charge in [-0.05, 0) is 54.8 Å². The summed E-state index contributed by atoms with van der Waals surface area (Å²) in [7, 11) is -3.57. The summed E-state index contributed by atoms with van der Waals surface area (Å²) in [6.07, 6.45) is -2.36. The molecule has 0 saturated carbocycles. The predicted octanol–water partition coefficient (Wildman–Crippen LogP) is 3.12. The Morgan fingerprint density at radius 2 is 1.82 bits per heavy atom. The van der Waals surface area contributed by atoms with Crippen molar-refractivity contribution < 1.29 is 31.1 Å². The molecule has 2 aromatic carbocycles. The third kappa shape index (κ3) is 4.77. The molecule has 0 radical (unpaired) electrons. The molecule has 178 valence electrons. The largest absolute Gasteiger partial charge is 0.416 e. The van der Waals surface area contributed by atoms with Crippen molar-refractivity contribution in [1.29, 1.82) is 0 Å². The minimum Gasteiger partial charge on any atom is -0.365 e. The molecule has 0 aliphatic carbocycles. The molecule has 0 unspecified atom stereocenters. The lowest BCUT2D eigenvalue weighted by atomic mass is 10.1. The number of aryl methyl sites for hydroxylation is 1. The van der Waals surface area contributed by atoms with Gasteiger partial charge in [-0.1, -0.05) is 16.8 Å². The number of nitrogens with zero attached hydrogens (tertiary/aromatic N) is 4. The van der Waals surface area contributed by atoms with Crippen molar-refractivity contribution in [2.75, 3.05) is 19.8 Å². The number of hydrogen-bond acceptors (Lipinski definition) is 5. The van der Waals surface area contributed by atoms with Gasteiger partial charge in [-0.25, -0.2) is 8.42 Å². The fourth-order valence-electron chi connectivity index (χ4n) is 3.53. The van der Waals surface area contributed by atoms with Crippen LogP contribution in [0.15, 0.2) is 63.7 Å². The molecule has 2 aromatic rings. The maximum atomic E-state index is 13.1. The van der Waals surface area contributed by atoms with Gasteiger partial charge in [-0.2, -0.15) is 22.5 Å². The molecule has 1 saturated heterocycles. The molecule has 0 bridgehead atoms. The van der Waals surface area contributed by atoms with E-state index in [1.54, 1.807) is 6.92 Å². The van der Waals surface area contributed by atoms with Gasteiger partial charge >= 0.3 is 6.18 Å².